The number of ether oxygens (including phenoxy) is 1. The molecule has 1 aliphatic heterocycles. The molecule has 1 aromatic rings. The van der Waals surface area contributed by atoms with E-state index >= 15 is 0 Å². The molecule has 2 unspecified atom stereocenters. The van der Waals surface area contributed by atoms with E-state index in [-0.39, 0.29) is 22.6 Å². The van der Waals surface area contributed by atoms with E-state index in [0.717, 1.165) is 13.1 Å². The monoisotopic (exact) mass is 340 g/mol. The van der Waals surface area contributed by atoms with Crippen LogP contribution in [0.1, 0.15) is 13.8 Å². The van der Waals surface area contributed by atoms with E-state index in [4.69, 9.17) is 4.74 Å². The molecule has 0 aromatic heterocycles. The molecular formula is C16H24N2O4S. The maximum Gasteiger partial charge on any atom is 0.226 e. The zero-order chi connectivity index (χ0) is 17.0. The Labute approximate surface area is 137 Å². The fourth-order valence-electron chi connectivity index (χ4n) is 2.73. The third kappa shape index (κ3) is 4.23. The van der Waals surface area contributed by atoms with Gasteiger partial charge in [0.15, 0.2) is 9.84 Å². The summed E-state index contributed by atoms with van der Waals surface area (Å²) in [6, 6.07) is 6.33. The smallest absolute Gasteiger partial charge is 0.226 e. The molecule has 1 saturated heterocycles. The normalized spacial score (nSPS) is 20.1. The average molecular weight is 340 g/mol. The number of carbonyl (C=O) groups excluding carboxylic acids is 1. The Morgan fingerprint density at radius 1 is 1.39 bits per heavy atom. The molecule has 0 aliphatic carbocycles. The summed E-state index contributed by atoms with van der Waals surface area (Å²) < 4.78 is 30.0. The molecule has 2 atom stereocenters. The first kappa shape index (κ1) is 17.7. The molecular weight excluding hydrogens is 316 g/mol. The predicted octanol–water partition coefficient (Wildman–Crippen LogP) is 0.925. The van der Waals surface area contributed by atoms with Gasteiger partial charge in [0.2, 0.25) is 5.91 Å². The maximum atomic E-state index is 12.5. The van der Waals surface area contributed by atoms with Gasteiger partial charge in [-0.3, -0.25) is 4.79 Å². The Balaban J connectivity index is 2.07. The molecule has 23 heavy (non-hydrogen) atoms. The minimum Gasteiger partial charge on any atom is -0.497 e. The molecule has 1 fully saturated rings. The molecule has 1 heterocycles. The number of benzene rings is 1. The highest BCUT2D eigenvalue weighted by molar-refractivity contribution is 7.91. The number of sulfone groups is 1. The number of nitrogens with one attached hydrogen (secondary N) is 1. The second-order valence-corrected chi connectivity index (χ2v) is 7.98. The van der Waals surface area contributed by atoms with Gasteiger partial charge in [-0.05, 0) is 31.2 Å². The van der Waals surface area contributed by atoms with E-state index in [2.05, 4.69) is 5.32 Å². The minimum atomic E-state index is -3.50. The molecule has 128 valence electrons. The number of nitrogens with zero attached hydrogens (tertiary/aromatic N) is 1. The van der Waals surface area contributed by atoms with Gasteiger partial charge in [-0.25, -0.2) is 8.42 Å². The Kier molecular flexibility index (Phi) is 5.64. The van der Waals surface area contributed by atoms with Gasteiger partial charge >= 0.3 is 0 Å². The number of methoxy groups -OCH3 is 1. The van der Waals surface area contributed by atoms with Crippen molar-refractivity contribution in [3.63, 3.8) is 0 Å². The summed E-state index contributed by atoms with van der Waals surface area (Å²) in [6.45, 7) is 5.75. The van der Waals surface area contributed by atoms with Crippen molar-refractivity contribution in [3.8, 4) is 5.75 Å². The summed E-state index contributed by atoms with van der Waals surface area (Å²) in [7, 11) is -1.98. The maximum absolute atomic E-state index is 12.5. The summed E-state index contributed by atoms with van der Waals surface area (Å²) in [6.07, 6.45) is 0. The van der Waals surface area contributed by atoms with Gasteiger partial charge in [0.1, 0.15) is 5.75 Å². The van der Waals surface area contributed by atoms with Crippen LogP contribution in [0.2, 0.25) is 0 Å². The van der Waals surface area contributed by atoms with Crippen LogP contribution >= 0.6 is 0 Å². The third-order valence-electron chi connectivity index (χ3n) is 4.09. The first-order valence-electron chi connectivity index (χ1n) is 7.73. The molecule has 6 nitrogen and oxygen atoms in total. The van der Waals surface area contributed by atoms with Crippen molar-refractivity contribution in [1.82, 2.24) is 10.2 Å². The van der Waals surface area contributed by atoms with E-state index in [1.807, 2.05) is 6.92 Å². The van der Waals surface area contributed by atoms with Crippen LogP contribution in [-0.4, -0.2) is 57.8 Å². The summed E-state index contributed by atoms with van der Waals surface area (Å²) in [5.41, 5.74) is 0. The lowest BCUT2D eigenvalue weighted by atomic mass is 10.1. The Morgan fingerprint density at radius 2 is 2.04 bits per heavy atom. The van der Waals surface area contributed by atoms with Crippen molar-refractivity contribution in [2.45, 2.75) is 24.8 Å². The standard InChI is InChI=1S/C16H24N2O4S/c1-12(16(19)18-9-8-17-10-13(18)2)11-23(20,21)15-6-4-14(22-3)5-7-15/h4-7,12-13,17H,8-11H2,1-3H3. The summed E-state index contributed by atoms with van der Waals surface area (Å²) in [4.78, 5) is 14.5. The fraction of sp³-hybridized carbons (Fsp3) is 0.562. The Hall–Kier alpha value is -1.60. The van der Waals surface area contributed by atoms with Gasteiger partial charge in [-0.1, -0.05) is 6.92 Å². The minimum absolute atomic E-state index is 0.0855. The lowest BCUT2D eigenvalue weighted by Crippen LogP contribution is -2.54. The van der Waals surface area contributed by atoms with Gasteiger partial charge < -0.3 is 15.0 Å². The Morgan fingerprint density at radius 3 is 2.61 bits per heavy atom. The number of amides is 1. The highest BCUT2D eigenvalue weighted by Crippen LogP contribution is 2.20. The van der Waals surface area contributed by atoms with Crippen molar-refractivity contribution in [1.29, 1.82) is 0 Å². The predicted molar refractivity (Wildman–Crippen MR) is 88.3 cm³/mol. The van der Waals surface area contributed by atoms with Crippen molar-refractivity contribution in [3.05, 3.63) is 24.3 Å². The van der Waals surface area contributed by atoms with E-state index in [1.54, 1.807) is 24.0 Å². The second kappa shape index (κ2) is 7.31. The molecule has 1 aromatic carbocycles. The van der Waals surface area contributed by atoms with Gasteiger partial charge in [-0.15, -0.1) is 0 Å². The van der Waals surface area contributed by atoms with Crippen molar-refractivity contribution >= 4 is 15.7 Å². The highest BCUT2D eigenvalue weighted by Gasteiger charge is 2.30. The number of hydrogen-bond acceptors (Lipinski definition) is 5. The van der Waals surface area contributed by atoms with Crippen LogP contribution in [-0.2, 0) is 14.6 Å². The largest absolute Gasteiger partial charge is 0.497 e. The van der Waals surface area contributed by atoms with Crippen LogP contribution in [0.3, 0.4) is 0 Å². The zero-order valence-electron chi connectivity index (χ0n) is 13.8. The number of hydrogen-bond donors (Lipinski definition) is 1. The van der Waals surface area contributed by atoms with Gasteiger partial charge in [-0.2, -0.15) is 0 Å². The van der Waals surface area contributed by atoms with Crippen molar-refractivity contribution in [2.75, 3.05) is 32.5 Å². The third-order valence-corrected chi connectivity index (χ3v) is 6.02. The van der Waals surface area contributed by atoms with E-state index in [9.17, 15) is 13.2 Å². The molecule has 1 aliphatic rings. The van der Waals surface area contributed by atoms with Crippen LogP contribution in [0.15, 0.2) is 29.2 Å². The summed E-state index contributed by atoms with van der Waals surface area (Å²) in [5.74, 6) is -0.254. The second-order valence-electron chi connectivity index (χ2n) is 5.94. The number of rotatable bonds is 5. The number of carbonyl (C=O) groups is 1. The van der Waals surface area contributed by atoms with E-state index in [0.29, 0.717) is 12.3 Å². The van der Waals surface area contributed by atoms with Crippen molar-refractivity contribution < 1.29 is 17.9 Å². The van der Waals surface area contributed by atoms with Crippen LogP contribution < -0.4 is 10.1 Å². The Bertz CT molecular complexity index is 643. The van der Waals surface area contributed by atoms with Gasteiger partial charge in [0.05, 0.1) is 17.8 Å². The molecule has 7 heteroatoms. The van der Waals surface area contributed by atoms with E-state index in [1.165, 1.54) is 19.2 Å². The van der Waals surface area contributed by atoms with Crippen molar-refractivity contribution in [2.24, 2.45) is 5.92 Å². The summed E-state index contributed by atoms with van der Waals surface area (Å²) in [5, 5.41) is 3.22. The molecule has 1 amide bonds. The molecule has 2 rings (SSSR count). The topological polar surface area (TPSA) is 75.7 Å². The van der Waals surface area contributed by atoms with Crippen LogP contribution in [0.5, 0.6) is 5.75 Å². The fourth-order valence-corrected chi connectivity index (χ4v) is 4.28. The molecule has 1 N–H and O–H groups in total. The molecule has 0 spiro atoms. The first-order valence-corrected chi connectivity index (χ1v) is 9.38. The van der Waals surface area contributed by atoms with Crippen LogP contribution in [0, 0.1) is 5.92 Å². The van der Waals surface area contributed by atoms with E-state index < -0.39 is 15.8 Å². The van der Waals surface area contributed by atoms with Gasteiger partial charge in [0, 0.05) is 31.6 Å². The molecule has 0 saturated carbocycles. The SMILES string of the molecule is COc1ccc(S(=O)(=O)CC(C)C(=O)N2CCNCC2C)cc1. The lowest BCUT2D eigenvalue weighted by molar-refractivity contribution is -0.137. The molecule has 0 bridgehead atoms. The quantitative estimate of drug-likeness (QED) is 0.863. The van der Waals surface area contributed by atoms with Crippen LogP contribution in [0.25, 0.3) is 0 Å². The number of piperazine rings is 1. The highest BCUT2D eigenvalue weighted by atomic mass is 32.2. The summed E-state index contributed by atoms with van der Waals surface area (Å²) >= 11 is 0. The van der Waals surface area contributed by atoms with Crippen LogP contribution in [0.4, 0.5) is 0 Å². The zero-order valence-corrected chi connectivity index (χ0v) is 14.6. The van der Waals surface area contributed by atoms with Gasteiger partial charge in [0.25, 0.3) is 0 Å². The molecule has 0 radical (unpaired) electrons. The first-order chi connectivity index (χ1) is 10.8. The lowest BCUT2D eigenvalue weighted by Gasteiger charge is -2.35. The average Bonchev–Trinajstić information content (AvgIpc) is 2.54.